The maximum absolute atomic E-state index is 13.8. The average Bonchev–Trinajstić information content (AvgIpc) is 2.96. The fourth-order valence-corrected chi connectivity index (χ4v) is 3.22. The molecule has 2 heterocycles. The first-order valence-electron chi connectivity index (χ1n) is 6.68. The number of nitrogens with one attached hydrogen (secondary N) is 1. The monoisotopic (exact) mass is 264 g/mol. The quantitative estimate of drug-likeness (QED) is 0.878. The number of carboxylic acids is 1. The van der Waals surface area contributed by atoms with E-state index in [0.29, 0.717) is 11.7 Å². The molecule has 0 bridgehead atoms. The molecule has 1 aromatic rings. The third-order valence-corrected chi connectivity index (χ3v) is 4.16. The number of aromatic carboxylic acids is 1. The molecule has 0 radical (unpaired) electrons. The summed E-state index contributed by atoms with van der Waals surface area (Å²) >= 11 is 0. The highest BCUT2D eigenvalue weighted by atomic mass is 19.1. The molecular formula is C14H17FN2O2. The average molecular weight is 264 g/mol. The highest BCUT2D eigenvalue weighted by Crippen LogP contribution is 2.30. The lowest BCUT2D eigenvalue weighted by Gasteiger charge is -2.22. The van der Waals surface area contributed by atoms with E-state index >= 15 is 0 Å². The van der Waals surface area contributed by atoms with Crippen molar-refractivity contribution in [3.63, 3.8) is 0 Å². The standard InChI is InChI=1S/C14H17FN2O2/c15-10-4-3-9(14(18)19)8-12(10)16-11-5-7-17-6-1-2-13(11)17/h3-4,8,11,13,16H,1-2,5-7H2,(H,18,19). The fraction of sp³-hybridized carbons (Fsp3) is 0.500. The zero-order valence-electron chi connectivity index (χ0n) is 10.6. The van der Waals surface area contributed by atoms with Crippen LogP contribution in [0, 0.1) is 5.82 Å². The van der Waals surface area contributed by atoms with E-state index in [9.17, 15) is 9.18 Å². The lowest BCUT2D eigenvalue weighted by Crippen LogP contribution is -2.34. The summed E-state index contributed by atoms with van der Waals surface area (Å²) in [5.41, 5.74) is 0.420. The van der Waals surface area contributed by atoms with Gasteiger partial charge in [0.15, 0.2) is 0 Å². The summed E-state index contributed by atoms with van der Waals surface area (Å²) in [5, 5.41) is 12.1. The van der Waals surface area contributed by atoms with E-state index in [0.717, 1.165) is 25.9 Å². The topological polar surface area (TPSA) is 52.6 Å². The molecule has 2 N–H and O–H groups in total. The van der Waals surface area contributed by atoms with Gasteiger partial charge in [0, 0.05) is 18.6 Å². The van der Waals surface area contributed by atoms with Crippen molar-refractivity contribution in [2.75, 3.05) is 18.4 Å². The molecule has 0 aromatic heterocycles. The summed E-state index contributed by atoms with van der Waals surface area (Å²) in [6, 6.07) is 4.58. The maximum atomic E-state index is 13.8. The molecule has 2 saturated heterocycles. The van der Waals surface area contributed by atoms with Gasteiger partial charge in [0.25, 0.3) is 0 Å². The van der Waals surface area contributed by atoms with Gasteiger partial charge in [-0.05, 0) is 44.0 Å². The molecule has 102 valence electrons. The van der Waals surface area contributed by atoms with Crippen molar-refractivity contribution in [2.24, 2.45) is 0 Å². The third-order valence-electron chi connectivity index (χ3n) is 4.16. The van der Waals surface area contributed by atoms with Gasteiger partial charge in [-0.15, -0.1) is 0 Å². The Labute approximate surface area is 111 Å². The molecule has 2 unspecified atom stereocenters. The van der Waals surface area contributed by atoms with Crippen LogP contribution in [-0.4, -0.2) is 41.1 Å². The SMILES string of the molecule is O=C(O)c1ccc(F)c(NC2CCN3CCCC23)c1. The number of hydrogen-bond acceptors (Lipinski definition) is 3. The van der Waals surface area contributed by atoms with Crippen LogP contribution in [0.4, 0.5) is 10.1 Å². The molecule has 1 aromatic carbocycles. The van der Waals surface area contributed by atoms with Crippen LogP contribution < -0.4 is 5.32 Å². The maximum Gasteiger partial charge on any atom is 0.335 e. The zero-order valence-corrected chi connectivity index (χ0v) is 10.6. The molecule has 0 saturated carbocycles. The Hall–Kier alpha value is -1.62. The molecule has 4 nitrogen and oxygen atoms in total. The van der Waals surface area contributed by atoms with Gasteiger partial charge in [0.1, 0.15) is 5.82 Å². The van der Waals surface area contributed by atoms with Gasteiger partial charge in [-0.3, -0.25) is 4.90 Å². The van der Waals surface area contributed by atoms with Gasteiger partial charge in [-0.1, -0.05) is 0 Å². The van der Waals surface area contributed by atoms with Crippen LogP contribution in [0.15, 0.2) is 18.2 Å². The van der Waals surface area contributed by atoms with Crippen LogP contribution in [-0.2, 0) is 0 Å². The normalized spacial score (nSPS) is 26.4. The molecule has 2 atom stereocenters. The second-order valence-corrected chi connectivity index (χ2v) is 5.28. The first-order chi connectivity index (χ1) is 9.15. The van der Waals surface area contributed by atoms with Gasteiger partial charge < -0.3 is 10.4 Å². The van der Waals surface area contributed by atoms with Gasteiger partial charge in [-0.25, -0.2) is 9.18 Å². The molecule has 19 heavy (non-hydrogen) atoms. The molecule has 5 heteroatoms. The molecule has 2 aliphatic rings. The predicted octanol–water partition coefficient (Wildman–Crippen LogP) is 2.17. The summed E-state index contributed by atoms with van der Waals surface area (Å²) in [5.74, 6) is -1.42. The number of carbonyl (C=O) groups is 1. The Kier molecular flexibility index (Phi) is 3.14. The van der Waals surface area contributed by atoms with Crippen LogP contribution in [0.3, 0.4) is 0 Å². The van der Waals surface area contributed by atoms with E-state index in [1.807, 2.05) is 0 Å². The summed E-state index contributed by atoms with van der Waals surface area (Å²) in [4.78, 5) is 13.4. The van der Waals surface area contributed by atoms with Gasteiger partial charge >= 0.3 is 5.97 Å². The number of hydrogen-bond donors (Lipinski definition) is 2. The minimum Gasteiger partial charge on any atom is -0.478 e. The number of carboxylic acid groups (broad SMARTS) is 1. The molecule has 0 aliphatic carbocycles. The van der Waals surface area contributed by atoms with Crippen molar-refractivity contribution in [3.8, 4) is 0 Å². The Morgan fingerprint density at radius 3 is 3.00 bits per heavy atom. The summed E-state index contributed by atoms with van der Waals surface area (Å²) in [6.07, 6.45) is 3.32. The van der Waals surface area contributed by atoms with E-state index in [-0.39, 0.29) is 17.4 Å². The number of nitrogens with zero attached hydrogens (tertiary/aromatic N) is 1. The largest absolute Gasteiger partial charge is 0.478 e. The van der Waals surface area contributed by atoms with Crippen LogP contribution in [0.1, 0.15) is 29.6 Å². The minimum atomic E-state index is -1.03. The zero-order chi connectivity index (χ0) is 13.4. The van der Waals surface area contributed by atoms with Crippen LogP contribution in [0.25, 0.3) is 0 Å². The first kappa shape index (κ1) is 12.4. The number of benzene rings is 1. The second kappa shape index (κ2) is 4.81. The van der Waals surface area contributed by atoms with Crippen LogP contribution in [0.5, 0.6) is 0 Å². The molecule has 3 rings (SSSR count). The van der Waals surface area contributed by atoms with E-state index in [1.54, 1.807) is 0 Å². The predicted molar refractivity (Wildman–Crippen MR) is 70.0 cm³/mol. The molecule has 0 amide bonds. The lowest BCUT2D eigenvalue weighted by atomic mass is 10.1. The van der Waals surface area contributed by atoms with Crippen molar-refractivity contribution in [1.29, 1.82) is 0 Å². The van der Waals surface area contributed by atoms with Crippen molar-refractivity contribution in [2.45, 2.75) is 31.3 Å². The van der Waals surface area contributed by atoms with E-state index in [2.05, 4.69) is 10.2 Å². The van der Waals surface area contributed by atoms with Crippen molar-refractivity contribution in [3.05, 3.63) is 29.6 Å². The number of halogens is 1. The number of rotatable bonds is 3. The van der Waals surface area contributed by atoms with Crippen molar-refractivity contribution >= 4 is 11.7 Å². The smallest absolute Gasteiger partial charge is 0.335 e. The van der Waals surface area contributed by atoms with Gasteiger partial charge in [0.2, 0.25) is 0 Å². The van der Waals surface area contributed by atoms with Gasteiger partial charge in [-0.2, -0.15) is 0 Å². The molecule has 0 spiro atoms. The fourth-order valence-electron chi connectivity index (χ4n) is 3.22. The Morgan fingerprint density at radius 1 is 1.37 bits per heavy atom. The van der Waals surface area contributed by atoms with Gasteiger partial charge in [0.05, 0.1) is 11.3 Å². The van der Waals surface area contributed by atoms with Crippen LogP contribution >= 0.6 is 0 Å². The highest BCUT2D eigenvalue weighted by Gasteiger charge is 2.37. The van der Waals surface area contributed by atoms with Crippen molar-refractivity contribution < 1.29 is 14.3 Å². The highest BCUT2D eigenvalue weighted by molar-refractivity contribution is 5.88. The van der Waals surface area contributed by atoms with Crippen molar-refractivity contribution in [1.82, 2.24) is 4.90 Å². The first-order valence-corrected chi connectivity index (χ1v) is 6.68. The molecular weight excluding hydrogens is 247 g/mol. The van der Waals surface area contributed by atoms with E-state index in [4.69, 9.17) is 5.11 Å². The number of fused-ring (bicyclic) bond motifs is 1. The third kappa shape index (κ3) is 2.30. The van der Waals surface area contributed by atoms with Crippen LogP contribution in [0.2, 0.25) is 0 Å². The number of anilines is 1. The lowest BCUT2D eigenvalue weighted by molar-refractivity contribution is 0.0697. The minimum absolute atomic E-state index is 0.116. The Balaban J connectivity index is 1.79. The molecule has 2 aliphatic heterocycles. The molecule has 2 fully saturated rings. The second-order valence-electron chi connectivity index (χ2n) is 5.28. The van der Waals surface area contributed by atoms with E-state index < -0.39 is 5.97 Å². The van der Waals surface area contributed by atoms with E-state index in [1.165, 1.54) is 24.6 Å². The Bertz CT molecular complexity index is 506. The Morgan fingerprint density at radius 2 is 2.21 bits per heavy atom. The summed E-state index contributed by atoms with van der Waals surface area (Å²) in [6.45, 7) is 2.17. The summed E-state index contributed by atoms with van der Waals surface area (Å²) in [7, 11) is 0. The summed E-state index contributed by atoms with van der Waals surface area (Å²) < 4.78 is 13.8.